The molecule has 1 unspecified atom stereocenters. The predicted molar refractivity (Wildman–Crippen MR) is 82.4 cm³/mol. The van der Waals surface area contributed by atoms with Gasteiger partial charge in [-0.2, -0.15) is 0 Å². The van der Waals surface area contributed by atoms with Crippen molar-refractivity contribution in [2.45, 2.75) is 39.2 Å². The van der Waals surface area contributed by atoms with Crippen molar-refractivity contribution < 1.29 is 4.74 Å². The Morgan fingerprint density at radius 3 is 2.57 bits per heavy atom. The highest BCUT2D eigenvalue weighted by molar-refractivity contribution is 5.38. The standard InChI is InChI=1S/C17H21N3O/c1-11-14(7-5-9-18)12(2)20-17(19-11)16-10-13-6-3-4-8-15(13)21-16/h3-4,6,8,16H,5,7,9-10,18H2,1-2H3. The molecule has 0 amide bonds. The number of aryl methyl sites for hydroxylation is 2. The minimum Gasteiger partial charge on any atom is -0.482 e. The van der Waals surface area contributed by atoms with Gasteiger partial charge >= 0.3 is 0 Å². The Morgan fingerprint density at radius 2 is 1.90 bits per heavy atom. The van der Waals surface area contributed by atoms with Crippen LogP contribution in [0.15, 0.2) is 24.3 Å². The van der Waals surface area contributed by atoms with E-state index >= 15 is 0 Å². The van der Waals surface area contributed by atoms with Gasteiger partial charge in [0.25, 0.3) is 0 Å². The minimum absolute atomic E-state index is 0.0663. The first-order chi connectivity index (χ1) is 10.2. The zero-order valence-electron chi connectivity index (χ0n) is 12.6. The largest absolute Gasteiger partial charge is 0.482 e. The maximum atomic E-state index is 5.98. The molecule has 0 spiro atoms. The lowest BCUT2D eigenvalue weighted by Gasteiger charge is -2.14. The number of nitrogens with zero attached hydrogens (tertiary/aromatic N) is 2. The first kappa shape index (κ1) is 14.0. The summed E-state index contributed by atoms with van der Waals surface area (Å²) in [7, 11) is 0. The van der Waals surface area contributed by atoms with Crippen LogP contribution < -0.4 is 10.5 Å². The summed E-state index contributed by atoms with van der Waals surface area (Å²) in [6.07, 6.45) is 2.69. The summed E-state index contributed by atoms with van der Waals surface area (Å²) in [5, 5.41) is 0. The molecule has 110 valence electrons. The third kappa shape index (κ3) is 2.76. The molecule has 0 aliphatic carbocycles. The molecule has 3 rings (SSSR count). The topological polar surface area (TPSA) is 61.0 Å². The average molecular weight is 283 g/mol. The van der Waals surface area contributed by atoms with E-state index in [1.165, 1.54) is 11.1 Å². The van der Waals surface area contributed by atoms with E-state index in [-0.39, 0.29) is 6.10 Å². The van der Waals surface area contributed by atoms with Crippen molar-refractivity contribution in [1.29, 1.82) is 0 Å². The smallest absolute Gasteiger partial charge is 0.170 e. The fraction of sp³-hybridized carbons (Fsp3) is 0.412. The molecule has 0 saturated carbocycles. The summed E-state index contributed by atoms with van der Waals surface area (Å²) < 4.78 is 5.98. The number of hydrogen-bond acceptors (Lipinski definition) is 4. The van der Waals surface area contributed by atoms with Gasteiger partial charge in [0.15, 0.2) is 11.9 Å². The molecule has 21 heavy (non-hydrogen) atoms. The van der Waals surface area contributed by atoms with Crippen LogP contribution in [-0.4, -0.2) is 16.5 Å². The highest BCUT2D eigenvalue weighted by Crippen LogP contribution is 2.35. The molecule has 0 radical (unpaired) electrons. The molecule has 1 aliphatic rings. The summed E-state index contributed by atoms with van der Waals surface area (Å²) >= 11 is 0. The van der Waals surface area contributed by atoms with Crippen molar-refractivity contribution in [2.75, 3.05) is 6.54 Å². The molecule has 0 fully saturated rings. The Hall–Kier alpha value is -1.94. The van der Waals surface area contributed by atoms with E-state index in [9.17, 15) is 0 Å². The van der Waals surface area contributed by atoms with Crippen LogP contribution in [0, 0.1) is 13.8 Å². The molecule has 4 heteroatoms. The zero-order valence-corrected chi connectivity index (χ0v) is 12.6. The number of ether oxygens (including phenoxy) is 1. The van der Waals surface area contributed by atoms with Crippen molar-refractivity contribution in [1.82, 2.24) is 9.97 Å². The van der Waals surface area contributed by atoms with Crippen LogP contribution >= 0.6 is 0 Å². The van der Waals surface area contributed by atoms with E-state index in [0.717, 1.165) is 42.2 Å². The Balaban J connectivity index is 1.85. The maximum Gasteiger partial charge on any atom is 0.170 e. The van der Waals surface area contributed by atoms with E-state index < -0.39 is 0 Å². The zero-order chi connectivity index (χ0) is 14.8. The number of benzene rings is 1. The van der Waals surface area contributed by atoms with Gasteiger partial charge in [0.1, 0.15) is 5.75 Å². The molecule has 2 heterocycles. The number of fused-ring (bicyclic) bond motifs is 1. The van der Waals surface area contributed by atoms with Gasteiger partial charge < -0.3 is 10.5 Å². The van der Waals surface area contributed by atoms with Crippen molar-refractivity contribution in [3.8, 4) is 5.75 Å². The van der Waals surface area contributed by atoms with Gasteiger partial charge in [-0.3, -0.25) is 0 Å². The van der Waals surface area contributed by atoms with Gasteiger partial charge in [0.05, 0.1) is 0 Å². The van der Waals surface area contributed by atoms with Crippen LogP contribution in [0.3, 0.4) is 0 Å². The molecule has 0 saturated heterocycles. The average Bonchev–Trinajstić information content (AvgIpc) is 2.90. The number of para-hydroxylation sites is 1. The number of rotatable bonds is 4. The normalized spacial score (nSPS) is 16.6. The van der Waals surface area contributed by atoms with Crippen LogP contribution in [0.5, 0.6) is 5.75 Å². The lowest BCUT2D eigenvalue weighted by Crippen LogP contribution is -2.13. The van der Waals surface area contributed by atoms with Gasteiger partial charge in [-0.15, -0.1) is 0 Å². The molecule has 2 N–H and O–H groups in total. The van der Waals surface area contributed by atoms with Gasteiger partial charge in [-0.25, -0.2) is 9.97 Å². The fourth-order valence-corrected chi connectivity index (χ4v) is 2.88. The van der Waals surface area contributed by atoms with E-state index in [4.69, 9.17) is 10.5 Å². The Bertz CT molecular complexity index is 606. The summed E-state index contributed by atoms with van der Waals surface area (Å²) in [6, 6.07) is 8.14. The molecular formula is C17H21N3O. The van der Waals surface area contributed by atoms with Gasteiger partial charge in [-0.1, -0.05) is 18.2 Å². The predicted octanol–water partition coefficient (Wildman–Crippen LogP) is 2.66. The van der Waals surface area contributed by atoms with Crippen LogP contribution in [0.2, 0.25) is 0 Å². The van der Waals surface area contributed by atoms with E-state index in [2.05, 4.69) is 16.0 Å². The SMILES string of the molecule is Cc1nc(C2Cc3ccccc3O2)nc(C)c1CCCN. The summed E-state index contributed by atoms with van der Waals surface area (Å²) in [5.74, 6) is 1.74. The highest BCUT2D eigenvalue weighted by Gasteiger charge is 2.27. The van der Waals surface area contributed by atoms with E-state index in [1.54, 1.807) is 0 Å². The van der Waals surface area contributed by atoms with Gasteiger partial charge in [0, 0.05) is 17.8 Å². The van der Waals surface area contributed by atoms with E-state index in [0.29, 0.717) is 6.54 Å². The Morgan fingerprint density at radius 1 is 1.19 bits per heavy atom. The van der Waals surface area contributed by atoms with Crippen LogP contribution in [0.25, 0.3) is 0 Å². The van der Waals surface area contributed by atoms with Gasteiger partial charge in [-0.05, 0) is 50.4 Å². The Kier molecular flexibility index (Phi) is 3.88. The second-order valence-electron chi connectivity index (χ2n) is 5.54. The van der Waals surface area contributed by atoms with Crippen molar-refractivity contribution in [3.05, 3.63) is 52.6 Å². The fourth-order valence-electron chi connectivity index (χ4n) is 2.88. The second-order valence-corrected chi connectivity index (χ2v) is 5.54. The van der Waals surface area contributed by atoms with Crippen LogP contribution in [0.1, 0.15) is 40.9 Å². The van der Waals surface area contributed by atoms with Gasteiger partial charge in [0.2, 0.25) is 0 Å². The lowest BCUT2D eigenvalue weighted by molar-refractivity contribution is 0.227. The molecule has 1 aromatic carbocycles. The number of hydrogen-bond donors (Lipinski definition) is 1. The molecule has 4 nitrogen and oxygen atoms in total. The third-order valence-electron chi connectivity index (χ3n) is 4.00. The molecule has 2 aromatic rings. The third-order valence-corrected chi connectivity index (χ3v) is 4.00. The van der Waals surface area contributed by atoms with Crippen molar-refractivity contribution in [2.24, 2.45) is 5.73 Å². The summed E-state index contributed by atoms with van der Waals surface area (Å²) in [6.45, 7) is 4.79. The van der Waals surface area contributed by atoms with E-state index in [1.807, 2.05) is 32.0 Å². The summed E-state index contributed by atoms with van der Waals surface area (Å²) in [5.41, 5.74) is 10.1. The highest BCUT2D eigenvalue weighted by atomic mass is 16.5. The molecular weight excluding hydrogens is 262 g/mol. The second kappa shape index (κ2) is 5.82. The van der Waals surface area contributed by atoms with Crippen LogP contribution in [-0.2, 0) is 12.8 Å². The quantitative estimate of drug-likeness (QED) is 0.937. The first-order valence-electron chi connectivity index (χ1n) is 7.47. The number of nitrogens with two attached hydrogens (primary N) is 1. The Labute approximate surface area is 125 Å². The lowest BCUT2D eigenvalue weighted by atomic mass is 10.1. The molecule has 0 bridgehead atoms. The monoisotopic (exact) mass is 283 g/mol. The van der Waals surface area contributed by atoms with Crippen molar-refractivity contribution in [3.63, 3.8) is 0 Å². The minimum atomic E-state index is -0.0663. The maximum absolute atomic E-state index is 5.98. The summed E-state index contributed by atoms with van der Waals surface area (Å²) in [4.78, 5) is 9.35. The first-order valence-corrected chi connectivity index (χ1v) is 7.47. The molecule has 1 atom stereocenters. The van der Waals surface area contributed by atoms with Crippen molar-refractivity contribution >= 4 is 0 Å². The number of aromatic nitrogens is 2. The van der Waals surface area contributed by atoms with Crippen LogP contribution in [0.4, 0.5) is 0 Å². The molecule has 1 aliphatic heterocycles. The molecule has 1 aromatic heterocycles.